The molecule has 0 bridgehead atoms. The molecule has 0 radical (unpaired) electrons. The quantitative estimate of drug-likeness (QED) is 0.652. The highest BCUT2D eigenvalue weighted by Crippen LogP contribution is 2.18. The highest BCUT2D eigenvalue weighted by atomic mass is 32.2. The Bertz CT molecular complexity index is 647. The molecule has 7 heteroatoms. The van der Waals surface area contributed by atoms with Gasteiger partial charge in [0, 0.05) is 18.7 Å². The molecule has 2 N–H and O–H groups in total. The van der Waals surface area contributed by atoms with Gasteiger partial charge in [-0.05, 0) is 18.9 Å². The summed E-state index contributed by atoms with van der Waals surface area (Å²) in [5.41, 5.74) is 6.10. The van der Waals surface area contributed by atoms with Crippen molar-refractivity contribution < 1.29 is 13.2 Å². The van der Waals surface area contributed by atoms with Gasteiger partial charge < -0.3 is 10.6 Å². The van der Waals surface area contributed by atoms with Gasteiger partial charge in [-0.15, -0.1) is 4.40 Å². The second kappa shape index (κ2) is 5.62. The van der Waals surface area contributed by atoms with Crippen molar-refractivity contribution in [1.29, 1.82) is 0 Å². The third-order valence-corrected chi connectivity index (χ3v) is 3.60. The Kier molecular flexibility index (Phi) is 4.08. The summed E-state index contributed by atoms with van der Waals surface area (Å²) in [7, 11) is -3.56. The van der Waals surface area contributed by atoms with Crippen molar-refractivity contribution >= 4 is 21.8 Å². The normalized spacial score (nSPS) is 16.4. The Morgan fingerprint density at radius 2 is 1.75 bits per heavy atom. The first kappa shape index (κ1) is 14.5. The van der Waals surface area contributed by atoms with Crippen LogP contribution in [0.3, 0.4) is 0 Å². The number of benzene rings is 1. The number of nitrogens with zero attached hydrogens (tertiary/aromatic N) is 2. The van der Waals surface area contributed by atoms with E-state index in [0.29, 0.717) is 11.4 Å². The van der Waals surface area contributed by atoms with Crippen molar-refractivity contribution in [2.45, 2.75) is 12.8 Å². The Balaban J connectivity index is 2.58. The molecule has 1 heterocycles. The number of primary amides is 1. The maximum Gasteiger partial charge on any atom is 0.252 e. The summed E-state index contributed by atoms with van der Waals surface area (Å²) in [4.78, 5) is 13.4. The number of nitrogens with two attached hydrogens (primary N) is 1. The van der Waals surface area contributed by atoms with E-state index in [-0.39, 0.29) is 5.56 Å². The molecule has 108 valence electrons. The summed E-state index contributed by atoms with van der Waals surface area (Å²) >= 11 is 0. The van der Waals surface area contributed by atoms with Gasteiger partial charge in [-0.25, -0.2) is 8.42 Å². The predicted octanol–water partition coefficient (Wildman–Crippen LogP) is 0.588. The van der Waals surface area contributed by atoms with E-state index in [9.17, 15) is 13.2 Å². The summed E-state index contributed by atoms with van der Waals surface area (Å²) in [6, 6.07) is 6.66. The van der Waals surface area contributed by atoms with Crippen molar-refractivity contribution in [3.8, 4) is 0 Å². The minimum absolute atomic E-state index is 0.279. The van der Waals surface area contributed by atoms with Crippen molar-refractivity contribution in [2.75, 3.05) is 19.3 Å². The van der Waals surface area contributed by atoms with Gasteiger partial charge in [0.2, 0.25) is 5.91 Å². The number of hydrogen-bond donors (Lipinski definition) is 1. The summed E-state index contributed by atoms with van der Waals surface area (Å²) in [6.07, 6.45) is 2.99. The van der Waals surface area contributed by atoms with Crippen LogP contribution in [0.2, 0.25) is 0 Å². The maximum absolute atomic E-state index is 11.5. The van der Waals surface area contributed by atoms with E-state index in [1.807, 2.05) is 4.90 Å². The van der Waals surface area contributed by atoms with Gasteiger partial charge in [-0.2, -0.15) is 0 Å². The zero-order valence-corrected chi connectivity index (χ0v) is 12.1. The van der Waals surface area contributed by atoms with E-state index >= 15 is 0 Å². The van der Waals surface area contributed by atoms with Crippen LogP contribution >= 0.6 is 0 Å². The maximum atomic E-state index is 11.5. The molecule has 6 nitrogen and oxygen atoms in total. The Labute approximate surface area is 118 Å². The summed E-state index contributed by atoms with van der Waals surface area (Å²) in [5.74, 6) is -0.291. The molecular weight excluding hydrogens is 278 g/mol. The van der Waals surface area contributed by atoms with E-state index in [0.717, 1.165) is 32.2 Å². The molecule has 1 fully saturated rings. The number of carbonyl (C=O) groups is 1. The van der Waals surface area contributed by atoms with Crippen LogP contribution in [-0.2, 0) is 10.0 Å². The number of amidine groups is 1. The first-order chi connectivity index (χ1) is 9.38. The molecule has 0 atom stereocenters. The molecule has 0 unspecified atom stereocenters. The molecule has 1 saturated heterocycles. The third-order valence-electron chi connectivity index (χ3n) is 3.09. The minimum Gasteiger partial charge on any atom is -0.366 e. The standard InChI is InChI=1S/C13H17N3O3S/c1-20(18,19)15-13(16-8-4-5-9-16)11-7-3-2-6-10(11)12(14)17/h2-3,6-7H,4-5,8-9H2,1H3,(H2,14,17). The van der Waals surface area contributed by atoms with Crippen LogP contribution < -0.4 is 5.73 Å². The molecule has 1 amide bonds. The first-order valence-electron chi connectivity index (χ1n) is 6.32. The van der Waals surface area contributed by atoms with Crippen LogP contribution in [0.15, 0.2) is 28.7 Å². The summed E-state index contributed by atoms with van der Waals surface area (Å²) in [5, 5.41) is 0. The van der Waals surface area contributed by atoms with Crippen molar-refractivity contribution in [2.24, 2.45) is 10.1 Å². The Morgan fingerprint density at radius 1 is 1.20 bits per heavy atom. The van der Waals surface area contributed by atoms with Crippen LogP contribution in [0.1, 0.15) is 28.8 Å². The predicted molar refractivity (Wildman–Crippen MR) is 77.1 cm³/mol. The average Bonchev–Trinajstić information content (AvgIpc) is 2.88. The highest BCUT2D eigenvalue weighted by molar-refractivity contribution is 7.89. The largest absolute Gasteiger partial charge is 0.366 e. The van der Waals surface area contributed by atoms with E-state index in [4.69, 9.17) is 5.73 Å². The lowest BCUT2D eigenvalue weighted by Crippen LogP contribution is -2.31. The lowest BCUT2D eigenvalue weighted by atomic mass is 10.1. The molecule has 1 aliphatic heterocycles. The fraction of sp³-hybridized carbons (Fsp3) is 0.385. The molecule has 1 aliphatic rings. The monoisotopic (exact) mass is 295 g/mol. The second-order valence-corrected chi connectivity index (χ2v) is 6.40. The number of carbonyl (C=O) groups excluding carboxylic acids is 1. The number of sulfonamides is 1. The van der Waals surface area contributed by atoms with Gasteiger partial charge in [0.1, 0.15) is 5.84 Å². The average molecular weight is 295 g/mol. The molecule has 0 spiro atoms. The third kappa shape index (κ3) is 3.36. The number of rotatable bonds is 3. The Hall–Kier alpha value is -1.89. The van der Waals surface area contributed by atoms with Crippen molar-refractivity contribution in [1.82, 2.24) is 4.90 Å². The van der Waals surface area contributed by atoms with Crippen LogP contribution in [0, 0.1) is 0 Å². The zero-order chi connectivity index (χ0) is 14.8. The summed E-state index contributed by atoms with van der Waals surface area (Å²) in [6.45, 7) is 1.45. The van der Waals surface area contributed by atoms with Crippen LogP contribution in [0.25, 0.3) is 0 Å². The lowest BCUT2D eigenvalue weighted by Gasteiger charge is -2.21. The Morgan fingerprint density at radius 3 is 2.25 bits per heavy atom. The molecule has 0 saturated carbocycles. The SMILES string of the molecule is CS(=O)(=O)N=C(c1ccccc1C(N)=O)N1CCCC1. The van der Waals surface area contributed by atoms with E-state index in [1.54, 1.807) is 24.3 Å². The second-order valence-electron chi connectivity index (χ2n) is 4.75. The van der Waals surface area contributed by atoms with Crippen LogP contribution in [0.5, 0.6) is 0 Å². The van der Waals surface area contributed by atoms with Gasteiger partial charge in [0.15, 0.2) is 0 Å². The number of hydrogen-bond acceptors (Lipinski definition) is 3. The van der Waals surface area contributed by atoms with Crippen molar-refractivity contribution in [3.05, 3.63) is 35.4 Å². The topological polar surface area (TPSA) is 92.8 Å². The van der Waals surface area contributed by atoms with E-state index in [2.05, 4.69) is 4.40 Å². The van der Waals surface area contributed by atoms with Gasteiger partial charge in [0.25, 0.3) is 10.0 Å². The lowest BCUT2D eigenvalue weighted by molar-refractivity contribution is 0.1000. The van der Waals surface area contributed by atoms with E-state index in [1.165, 1.54) is 0 Å². The molecule has 20 heavy (non-hydrogen) atoms. The van der Waals surface area contributed by atoms with Crippen LogP contribution in [0.4, 0.5) is 0 Å². The van der Waals surface area contributed by atoms with E-state index < -0.39 is 15.9 Å². The zero-order valence-electron chi connectivity index (χ0n) is 11.2. The molecule has 2 rings (SSSR count). The van der Waals surface area contributed by atoms with Gasteiger partial charge in [0.05, 0.1) is 11.8 Å². The van der Waals surface area contributed by atoms with Crippen molar-refractivity contribution in [3.63, 3.8) is 0 Å². The molecule has 1 aromatic carbocycles. The molecule has 1 aromatic rings. The summed E-state index contributed by atoms with van der Waals surface area (Å²) < 4.78 is 26.9. The number of likely N-dealkylation sites (tertiary alicyclic amines) is 1. The fourth-order valence-corrected chi connectivity index (χ4v) is 2.78. The molecule has 0 aliphatic carbocycles. The first-order valence-corrected chi connectivity index (χ1v) is 8.17. The van der Waals surface area contributed by atoms with Gasteiger partial charge in [-0.1, -0.05) is 18.2 Å². The number of amides is 1. The fourth-order valence-electron chi connectivity index (χ4n) is 2.26. The van der Waals surface area contributed by atoms with Gasteiger partial charge in [-0.3, -0.25) is 4.79 Å². The van der Waals surface area contributed by atoms with Crippen LogP contribution in [-0.4, -0.2) is 44.4 Å². The molecule has 0 aromatic heterocycles. The smallest absolute Gasteiger partial charge is 0.252 e. The van der Waals surface area contributed by atoms with Gasteiger partial charge >= 0.3 is 0 Å². The highest BCUT2D eigenvalue weighted by Gasteiger charge is 2.23. The minimum atomic E-state index is -3.56. The molecular formula is C13H17N3O3S.